The van der Waals surface area contributed by atoms with Crippen LogP contribution in [-0.2, 0) is 28.9 Å². The van der Waals surface area contributed by atoms with Crippen LogP contribution < -0.4 is 4.90 Å². The monoisotopic (exact) mass is 331 g/mol. The fraction of sp³-hybridized carbons (Fsp3) is 0.412. The normalized spacial score (nSPS) is 10.6. The molecule has 1 heterocycles. The Morgan fingerprint density at radius 1 is 1.17 bits per heavy atom. The summed E-state index contributed by atoms with van der Waals surface area (Å²) in [6, 6.07) is 8.34. The lowest BCUT2D eigenvalue weighted by Gasteiger charge is -2.13. The van der Waals surface area contributed by atoms with Gasteiger partial charge in [-0.15, -0.1) is 0 Å². The molecule has 0 fully saturated rings. The van der Waals surface area contributed by atoms with E-state index in [2.05, 4.69) is 40.5 Å². The molecule has 0 spiro atoms. The van der Waals surface area contributed by atoms with Gasteiger partial charge in [-0.3, -0.25) is 14.5 Å². The van der Waals surface area contributed by atoms with Crippen LogP contribution >= 0.6 is 11.5 Å². The van der Waals surface area contributed by atoms with Gasteiger partial charge in [-0.05, 0) is 30.9 Å². The van der Waals surface area contributed by atoms with Crippen molar-refractivity contribution in [2.45, 2.75) is 39.5 Å². The average molecular weight is 331 g/mol. The van der Waals surface area contributed by atoms with E-state index in [1.807, 2.05) is 0 Å². The molecule has 2 aromatic rings. The van der Waals surface area contributed by atoms with E-state index in [0.717, 1.165) is 23.5 Å². The number of Topliss-reactive ketones (excluding diaryl/α,β-unsaturated/α-hetero) is 1. The molecule has 0 saturated carbocycles. The molecule has 122 valence electrons. The van der Waals surface area contributed by atoms with Gasteiger partial charge in [0, 0.05) is 25.0 Å². The van der Waals surface area contributed by atoms with Crippen molar-refractivity contribution in [3.63, 3.8) is 0 Å². The summed E-state index contributed by atoms with van der Waals surface area (Å²) < 4.78 is 4.11. The number of ketones is 1. The first-order valence-electron chi connectivity index (χ1n) is 7.66. The molecule has 1 aromatic heterocycles. The highest BCUT2D eigenvalue weighted by Gasteiger charge is 2.16. The number of aryl methyl sites for hydroxylation is 2. The Morgan fingerprint density at radius 2 is 1.83 bits per heavy atom. The number of benzene rings is 1. The molecule has 0 N–H and O–H groups in total. The van der Waals surface area contributed by atoms with E-state index in [0.29, 0.717) is 23.8 Å². The number of hydrogen-bond acceptors (Lipinski definition) is 5. The number of hydrogen-bond donors (Lipinski definition) is 0. The topological polar surface area (TPSA) is 63.2 Å². The zero-order valence-electron chi connectivity index (χ0n) is 13.7. The molecular weight excluding hydrogens is 310 g/mol. The lowest BCUT2D eigenvalue weighted by molar-refractivity contribution is -0.118. The lowest BCUT2D eigenvalue weighted by Crippen LogP contribution is -2.26. The first-order valence-corrected chi connectivity index (χ1v) is 8.43. The molecular formula is C17H21N3O2S. The summed E-state index contributed by atoms with van der Waals surface area (Å²) >= 11 is 1.15. The summed E-state index contributed by atoms with van der Waals surface area (Å²) in [5.41, 5.74) is 2.45. The Kier molecular flexibility index (Phi) is 5.98. The second kappa shape index (κ2) is 7.97. The molecule has 0 bridgehead atoms. The molecule has 1 aromatic carbocycles. The van der Waals surface area contributed by atoms with Gasteiger partial charge in [0.2, 0.25) is 11.0 Å². The van der Waals surface area contributed by atoms with Crippen molar-refractivity contribution < 1.29 is 9.59 Å². The van der Waals surface area contributed by atoms with Gasteiger partial charge in [-0.2, -0.15) is 4.37 Å². The number of anilines is 1. The van der Waals surface area contributed by atoms with Gasteiger partial charge in [-0.1, -0.05) is 31.2 Å². The highest BCUT2D eigenvalue weighted by molar-refractivity contribution is 7.09. The van der Waals surface area contributed by atoms with Crippen LogP contribution in [0.15, 0.2) is 24.3 Å². The maximum absolute atomic E-state index is 12.3. The predicted molar refractivity (Wildman–Crippen MR) is 91.8 cm³/mol. The second-order valence-electron chi connectivity index (χ2n) is 5.49. The fourth-order valence-electron chi connectivity index (χ4n) is 2.14. The van der Waals surface area contributed by atoms with E-state index < -0.39 is 0 Å². The summed E-state index contributed by atoms with van der Waals surface area (Å²) in [5, 5.41) is 0.535. The number of aromatic nitrogens is 2. The van der Waals surface area contributed by atoms with Crippen LogP contribution in [-0.4, -0.2) is 28.1 Å². The second-order valence-corrected chi connectivity index (χ2v) is 6.23. The minimum absolute atomic E-state index is 0.00454. The molecule has 0 atom stereocenters. The maximum Gasteiger partial charge on any atom is 0.228 e. The van der Waals surface area contributed by atoms with E-state index in [9.17, 15) is 9.59 Å². The first-order chi connectivity index (χ1) is 11.0. The van der Waals surface area contributed by atoms with Crippen LogP contribution in [0.4, 0.5) is 5.13 Å². The van der Waals surface area contributed by atoms with Crippen molar-refractivity contribution in [3.05, 3.63) is 41.2 Å². The molecule has 5 nitrogen and oxygen atoms in total. The Hall–Kier alpha value is -2.08. The SMILES string of the molecule is CCc1ccc(CCC(=O)N(C)c2nc(CC(C)=O)ns2)cc1. The van der Waals surface area contributed by atoms with Gasteiger partial charge in [0.1, 0.15) is 5.78 Å². The van der Waals surface area contributed by atoms with Crippen molar-refractivity contribution in [2.75, 3.05) is 11.9 Å². The van der Waals surface area contributed by atoms with Crippen molar-refractivity contribution in [2.24, 2.45) is 0 Å². The van der Waals surface area contributed by atoms with Crippen LogP contribution in [0, 0.1) is 0 Å². The van der Waals surface area contributed by atoms with E-state index in [1.165, 1.54) is 17.4 Å². The molecule has 0 aliphatic heterocycles. The highest BCUT2D eigenvalue weighted by Crippen LogP contribution is 2.18. The number of carbonyl (C=O) groups excluding carboxylic acids is 2. The van der Waals surface area contributed by atoms with Gasteiger partial charge >= 0.3 is 0 Å². The van der Waals surface area contributed by atoms with Crippen LogP contribution in [0.2, 0.25) is 0 Å². The minimum Gasteiger partial charge on any atom is -0.300 e. The number of carbonyl (C=O) groups is 2. The third-order valence-corrected chi connectivity index (χ3v) is 4.41. The Labute approximate surface area is 140 Å². The zero-order chi connectivity index (χ0) is 16.8. The van der Waals surface area contributed by atoms with E-state index in [-0.39, 0.29) is 18.1 Å². The van der Waals surface area contributed by atoms with Crippen LogP contribution in [0.3, 0.4) is 0 Å². The third kappa shape index (κ3) is 4.96. The molecule has 6 heteroatoms. The van der Waals surface area contributed by atoms with Crippen molar-refractivity contribution in [1.82, 2.24) is 9.36 Å². The van der Waals surface area contributed by atoms with Gasteiger partial charge in [0.05, 0.1) is 6.42 Å². The van der Waals surface area contributed by atoms with Gasteiger partial charge in [0.15, 0.2) is 5.82 Å². The van der Waals surface area contributed by atoms with Crippen LogP contribution in [0.5, 0.6) is 0 Å². The molecule has 1 amide bonds. The van der Waals surface area contributed by atoms with Crippen molar-refractivity contribution >= 4 is 28.4 Å². The predicted octanol–water partition coefficient (Wildman–Crippen LogP) is 2.83. The molecule has 23 heavy (non-hydrogen) atoms. The Bertz CT molecular complexity index is 679. The van der Waals surface area contributed by atoms with E-state index in [1.54, 1.807) is 7.05 Å². The highest BCUT2D eigenvalue weighted by atomic mass is 32.1. The quantitative estimate of drug-likeness (QED) is 0.782. The molecule has 0 unspecified atom stereocenters. The maximum atomic E-state index is 12.3. The molecule has 0 saturated heterocycles. The lowest BCUT2D eigenvalue weighted by atomic mass is 10.1. The smallest absolute Gasteiger partial charge is 0.228 e. The molecule has 0 radical (unpaired) electrons. The number of rotatable bonds is 7. The summed E-state index contributed by atoms with van der Waals surface area (Å²) in [6.07, 6.45) is 2.35. The largest absolute Gasteiger partial charge is 0.300 e. The van der Waals surface area contributed by atoms with E-state index in [4.69, 9.17) is 0 Å². The van der Waals surface area contributed by atoms with Gasteiger partial charge < -0.3 is 0 Å². The summed E-state index contributed by atoms with van der Waals surface area (Å²) in [7, 11) is 1.70. The van der Waals surface area contributed by atoms with E-state index >= 15 is 0 Å². The number of amides is 1. The van der Waals surface area contributed by atoms with Crippen LogP contribution in [0.1, 0.15) is 37.2 Å². The van der Waals surface area contributed by atoms with Gasteiger partial charge in [-0.25, -0.2) is 4.98 Å². The third-order valence-electron chi connectivity index (χ3n) is 3.58. The Balaban J connectivity index is 1.91. The van der Waals surface area contributed by atoms with Crippen LogP contribution in [0.25, 0.3) is 0 Å². The Morgan fingerprint density at radius 3 is 2.43 bits per heavy atom. The summed E-state index contributed by atoms with van der Waals surface area (Å²) in [4.78, 5) is 29.1. The van der Waals surface area contributed by atoms with Gasteiger partial charge in [0.25, 0.3) is 0 Å². The number of nitrogens with zero attached hydrogens (tertiary/aromatic N) is 3. The molecule has 0 aliphatic rings. The molecule has 0 aliphatic carbocycles. The fourth-order valence-corrected chi connectivity index (χ4v) is 2.81. The van der Waals surface area contributed by atoms with Crippen molar-refractivity contribution in [1.29, 1.82) is 0 Å². The minimum atomic E-state index is -0.00454. The molecule has 2 rings (SSSR count). The standard InChI is InChI=1S/C17H21N3O2S/c1-4-13-5-7-14(8-6-13)9-10-16(22)20(3)17-18-15(19-23-17)11-12(2)21/h5-8H,4,9-11H2,1-3H3. The first kappa shape index (κ1) is 17.3. The summed E-state index contributed by atoms with van der Waals surface area (Å²) in [6.45, 7) is 3.62. The average Bonchev–Trinajstić information content (AvgIpc) is 3.00. The summed E-state index contributed by atoms with van der Waals surface area (Å²) in [5.74, 6) is 0.487. The van der Waals surface area contributed by atoms with Crippen molar-refractivity contribution in [3.8, 4) is 0 Å². The zero-order valence-corrected chi connectivity index (χ0v) is 14.5.